The fraction of sp³-hybridized carbons (Fsp3) is 0.783. The van der Waals surface area contributed by atoms with Crippen LogP contribution in [0.2, 0.25) is 0 Å². The van der Waals surface area contributed by atoms with Gasteiger partial charge in [-0.3, -0.25) is 4.79 Å². The zero-order chi connectivity index (χ0) is 19.7. The Kier molecular flexibility index (Phi) is 4.15. The number of hydrogen-bond donors (Lipinski definition) is 1. The minimum atomic E-state index is -0.497. The Morgan fingerprint density at radius 1 is 1.25 bits per heavy atom. The van der Waals surface area contributed by atoms with Gasteiger partial charge in [-0.2, -0.15) is 0 Å². The van der Waals surface area contributed by atoms with Crippen molar-refractivity contribution >= 4 is 5.97 Å². The number of aliphatic hydroxyl groups excluding tert-OH is 1. The molecule has 5 heteroatoms. The highest BCUT2D eigenvalue weighted by atomic mass is 16.7. The second-order valence-corrected chi connectivity index (χ2v) is 9.99. The normalized spacial score (nSPS) is 46.3. The summed E-state index contributed by atoms with van der Waals surface area (Å²) in [6, 6.07) is 0. The van der Waals surface area contributed by atoms with Crippen LogP contribution in [-0.2, 0) is 19.0 Å². The molecule has 1 aliphatic heterocycles. The summed E-state index contributed by atoms with van der Waals surface area (Å²) >= 11 is 0. The van der Waals surface area contributed by atoms with E-state index in [0.717, 1.165) is 44.3 Å². The van der Waals surface area contributed by atoms with E-state index in [4.69, 9.17) is 14.2 Å². The number of carbonyl (C=O) groups excluding carboxylic acids is 1. The van der Waals surface area contributed by atoms with E-state index in [1.54, 1.807) is 0 Å². The Balaban J connectivity index is 1.50. The Labute approximate surface area is 167 Å². The predicted octanol–water partition coefficient (Wildman–Crippen LogP) is 3.72. The summed E-state index contributed by atoms with van der Waals surface area (Å²) in [5.41, 5.74) is 1.04. The van der Waals surface area contributed by atoms with Crippen molar-refractivity contribution < 1.29 is 24.1 Å². The van der Waals surface area contributed by atoms with E-state index in [2.05, 4.69) is 26.0 Å². The molecule has 1 N–H and O–H groups in total. The molecule has 3 fully saturated rings. The third-order valence-electron chi connectivity index (χ3n) is 8.74. The van der Waals surface area contributed by atoms with E-state index in [9.17, 15) is 9.90 Å². The minimum absolute atomic E-state index is 0.0690. The highest BCUT2D eigenvalue weighted by molar-refractivity contribution is 5.67. The van der Waals surface area contributed by atoms with E-state index >= 15 is 0 Å². The molecule has 2 saturated carbocycles. The molecule has 0 aromatic carbocycles. The summed E-state index contributed by atoms with van der Waals surface area (Å²) in [7, 11) is 0. The SMILES string of the molecule is CC(=O)OC1=CC2=CCC3C(C(O)C[C@@]4(C)C3CCC43OCCO3)[C@@]2(C)CC1. The molecule has 1 spiro atoms. The first-order valence-electron chi connectivity index (χ1n) is 10.8. The molecular weight excluding hydrogens is 356 g/mol. The van der Waals surface area contributed by atoms with E-state index in [1.165, 1.54) is 12.5 Å². The summed E-state index contributed by atoms with van der Waals surface area (Å²) in [5.74, 6) is 1.19. The van der Waals surface area contributed by atoms with Gasteiger partial charge in [0.1, 0.15) is 5.76 Å². The van der Waals surface area contributed by atoms with E-state index in [-0.39, 0.29) is 28.8 Å². The number of carbonyl (C=O) groups is 1. The van der Waals surface area contributed by atoms with Crippen molar-refractivity contribution in [2.45, 2.75) is 71.2 Å². The van der Waals surface area contributed by atoms with Gasteiger partial charge >= 0.3 is 5.97 Å². The average Bonchev–Trinajstić information content (AvgIpc) is 3.21. The van der Waals surface area contributed by atoms with Crippen LogP contribution in [0.4, 0.5) is 0 Å². The quantitative estimate of drug-likeness (QED) is 0.694. The van der Waals surface area contributed by atoms with Gasteiger partial charge in [-0.05, 0) is 60.5 Å². The molecule has 0 radical (unpaired) electrons. The van der Waals surface area contributed by atoms with Gasteiger partial charge in [0, 0.05) is 25.2 Å². The monoisotopic (exact) mass is 388 g/mol. The van der Waals surface area contributed by atoms with Gasteiger partial charge in [-0.25, -0.2) is 0 Å². The van der Waals surface area contributed by atoms with Crippen LogP contribution in [0.25, 0.3) is 0 Å². The molecule has 6 atom stereocenters. The molecule has 4 aliphatic carbocycles. The highest BCUT2D eigenvalue weighted by Crippen LogP contribution is 2.68. The molecular formula is C23H32O5. The van der Waals surface area contributed by atoms with Crippen LogP contribution in [0.1, 0.15) is 59.3 Å². The highest BCUT2D eigenvalue weighted by Gasteiger charge is 2.68. The largest absolute Gasteiger partial charge is 0.431 e. The number of esters is 1. The van der Waals surface area contributed by atoms with Crippen LogP contribution in [0.15, 0.2) is 23.5 Å². The number of aliphatic hydroxyl groups is 1. The first-order chi connectivity index (χ1) is 13.3. The van der Waals surface area contributed by atoms with Gasteiger partial charge < -0.3 is 19.3 Å². The maximum Gasteiger partial charge on any atom is 0.307 e. The molecule has 5 nitrogen and oxygen atoms in total. The van der Waals surface area contributed by atoms with Crippen LogP contribution in [0, 0.1) is 28.6 Å². The Hall–Kier alpha value is -1.17. The van der Waals surface area contributed by atoms with E-state index < -0.39 is 5.79 Å². The van der Waals surface area contributed by atoms with Gasteiger partial charge in [0.05, 0.1) is 19.3 Å². The van der Waals surface area contributed by atoms with Crippen LogP contribution < -0.4 is 0 Å². The molecule has 5 rings (SSSR count). The lowest BCUT2D eigenvalue weighted by Gasteiger charge is -2.59. The van der Waals surface area contributed by atoms with Gasteiger partial charge in [-0.15, -0.1) is 0 Å². The van der Waals surface area contributed by atoms with Crippen molar-refractivity contribution in [2.24, 2.45) is 28.6 Å². The molecule has 1 heterocycles. The number of fused-ring (bicyclic) bond motifs is 6. The fourth-order valence-corrected chi connectivity index (χ4v) is 7.58. The molecule has 28 heavy (non-hydrogen) atoms. The molecule has 154 valence electrons. The number of rotatable bonds is 1. The van der Waals surface area contributed by atoms with Gasteiger partial charge in [0.15, 0.2) is 5.79 Å². The molecule has 0 amide bonds. The molecule has 1 saturated heterocycles. The summed E-state index contributed by atoms with van der Waals surface area (Å²) in [4.78, 5) is 11.4. The zero-order valence-electron chi connectivity index (χ0n) is 17.2. The Morgan fingerprint density at radius 2 is 2.00 bits per heavy atom. The van der Waals surface area contributed by atoms with Gasteiger partial charge in [-0.1, -0.05) is 19.9 Å². The van der Waals surface area contributed by atoms with Crippen molar-refractivity contribution in [3.8, 4) is 0 Å². The molecule has 5 aliphatic rings. The van der Waals surface area contributed by atoms with Gasteiger partial charge in [0.25, 0.3) is 0 Å². The summed E-state index contributed by atoms with van der Waals surface area (Å²) in [6.07, 6.45) is 9.44. The second kappa shape index (κ2) is 6.16. The Morgan fingerprint density at radius 3 is 2.71 bits per heavy atom. The van der Waals surface area contributed by atoms with E-state index in [1.807, 2.05) is 0 Å². The molecule has 0 aromatic rings. The number of allylic oxidation sites excluding steroid dienone is 4. The van der Waals surface area contributed by atoms with Crippen molar-refractivity contribution in [1.82, 2.24) is 0 Å². The van der Waals surface area contributed by atoms with Crippen LogP contribution in [-0.4, -0.2) is 36.2 Å². The molecule has 0 bridgehead atoms. The third-order valence-corrected chi connectivity index (χ3v) is 8.74. The van der Waals surface area contributed by atoms with Crippen molar-refractivity contribution in [3.05, 3.63) is 23.5 Å². The first kappa shape index (κ1) is 18.8. The smallest absolute Gasteiger partial charge is 0.307 e. The lowest BCUT2D eigenvalue weighted by Crippen LogP contribution is -2.59. The zero-order valence-corrected chi connectivity index (χ0v) is 17.2. The van der Waals surface area contributed by atoms with Crippen LogP contribution >= 0.6 is 0 Å². The average molecular weight is 389 g/mol. The number of ether oxygens (including phenoxy) is 3. The van der Waals surface area contributed by atoms with Crippen molar-refractivity contribution in [2.75, 3.05) is 13.2 Å². The lowest BCUT2D eigenvalue weighted by atomic mass is 9.47. The summed E-state index contributed by atoms with van der Waals surface area (Å²) < 4.78 is 17.7. The first-order valence-corrected chi connectivity index (χ1v) is 10.8. The molecule has 0 aromatic heterocycles. The van der Waals surface area contributed by atoms with Gasteiger partial charge in [0.2, 0.25) is 0 Å². The summed E-state index contributed by atoms with van der Waals surface area (Å²) in [6.45, 7) is 7.37. The number of hydrogen-bond acceptors (Lipinski definition) is 5. The van der Waals surface area contributed by atoms with Crippen LogP contribution in [0.5, 0.6) is 0 Å². The van der Waals surface area contributed by atoms with Crippen molar-refractivity contribution in [1.29, 1.82) is 0 Å². The maximum absolute atomic E-state index is 11.4. The van der Waals surface area contributed by atoms with Crippen molar-refractivity contribution in [3.63, 3.8) is 0 Å². The topological polar surface area (TPSA) is 65.0 Å². The Bertz CT molecular complexity index is 748. The van der Waals surface area contributed by atoms with E-state index in [0.29, 0.717) is 25.0 Å². The standard InChI is InChI=1S/C23H32O5/c1-14(24)28-16-6-8-21(2)15(12-16)4-5-17-18-7-9-23(26-10-11-27-23)22(18,3)13-19(25)20(17)21/h4,12,17-20,25H,5-11,13H2,1-3H3/t17?,18?,19?,20?,21-,22-/m0/s1. The molecule has 4 unspecified atom stereocenters. The fourth-order valence-electron chi connectivity index (χ4n) is 7.58. The predicted molar refractivity (Wildman–Crippen MR) is 103 cm³/mol. The summed E-state index contributed by atoms with van der Waals surface area (Å²) in [5, 5.41) is 11.4. The maximum atomic E-state index is 11.4. The second-order valence-electron chi connectivity index (χ2n) is 9.99. The minimum Gasteiger partial charge on any atom is -0.431 e. The third kappa shape index (κ3) is 2.39. The lowest BCUT2D eigenvalue weighted by molar-refractivity contribution is -0.255. The van der Waals surface area contributed by atoms with Crippen LogP contribution in [0.3, 0.4) is 0 Å².